The highest BCUT2D eigenvalue weighted by Gasteiger charge is 2.06. The number of hydrogen-bond acceptors (Lipinski definition) is 1. The highest BCUT2D eigenvalue weighted by Crippen LogP contribution is 2.09. The van der Waals surface area contributed by atoms with E-state index < -0.39 is 0 Å². The molecule has 0 unspecified atom stereocenters. The fraction of sp³-hybridized carbons (Fsp3) is 0.556. The molecule has 0 aromatic heterocycles. The first-order valence-electron chi connectivity index (χ1n) is 7.47. The highest BCUT2D eigenvalue weighted by molar-refractivity contribution is 5.34. The van der Waals surface area contributed by atoms with Crippen molar-refractivity contribution in [2.45, 2.75) is 51.5 Å². The van der Waals surface area contributed by atoms with Crippen LogP contribution in [0.2, 0.25) is 0 Å². The first-order chi connectivity index (χ1) is 9.24. The van der Waals surface area contributed by atoms with Crippen LogP contribution in [0, 0.1) is 11.8 Å². The molecule has 0 aliphatic carbocycles. The Kier molecular flexibility index (Phi) is 8.02. The molecule has 0 N–H and O–H groups in total. The van der Waals surface area contributed by atoms with Gasteiger partial charge in [0.05, 0.1) is 6.04 Å². The molecule has 1 rings (SSSR count). The van der Waals surface area contributed by atoms with Gasteiger partial charge in [0, 0.05) is 5.56 Å². The average molecular weight is 257 g/mol. The lowest BCUT2D eigenvalue weighted by atomic mass is 10.1. The molecule has 0 fully saturated rings. The Bertz CT molecular complexity index is 383. The lowest BCUT2D eigenvalue weighted by Crippen LogP contribution is -2.26. The molecule has 1 heteroatoms. The Morgan fingerprint density at radius 3 is 2.32 bits per heavy atom. The molecule has 104 valence electrons. The summed E-state index contributed by atoms with van der Waals surface area (Å²) in [4.78, 5) is 2.23. The van der Waals surface area contributed by atoms with Gasteiger partial charge in [-0.05, 0) is 32.6 Å². The Morgan fingerprint density at radius 2 is 1.68 bits per heavy atom. The maximum absolute atomic E-state index is 3.40. The minimum Gasteiger partial charge on any atom is -0.296 e. The third-order valence-electron chi connectivity index (χ3n) is 3.36. The van der Waals surface area contributed by atoms with E-state index in [4.69, 9.17) is 0 Å². The molecular formula is C18H27N. The van der Waals surface area contributed by atoms with Gasteiger partial charge >= 0.3 is 0 Å². The van der Waals surface area contributed by atoms with Crippen LogP contribution in [-0.4, -0.2) is 25.0 Å². The van der Waals surface area contributed by atoms with Gasteiger partial charge in [0.1, 0.15) is 0 Å². The Labute approximate surface area is 119 Å². The second-order valence-corrected chi connectivity index (χ2v) is 5.32. The van der Waals surface area contributed by atoms with Crippen molar-refractivity contribution in [3.8, 4) is 11.8 Å². The van der Waals surface area contributed by atoms with Crippen LogP contribution >= 0.6 is 0 Å². The summed E-state index contributed by atoms with van der Waals surface area (Å²) in [5, 5.41) is 0. The first-order valence-corrected chi connectivity index (χ1v) is 7.47. The van der Waals surface area contributed by atoms with Crippen LogP contribution in [0.1, 0.15) is 51.0 Å². The number of rotatable bonds is 7. The molecule has 0 aliphatic rings. The third-order valence-corrected chi connectivity index (χ3v) is 3.36. The van der Waals surface area contributed by atoms with E-state index in [0.717, 1.165) is 5.56 Å². The normalized spacial score (nSPS) is 12.0. The second-order valence-electron chi connectivity index (χ2n) is 5.32. The van der Waals surface area contributed by atoms with Gasteiger partial charge in [-0.3, -0.25) is 4.90 Å². The summed E-state index contributed by atoms with van der Waals surface area (Å²) in [5.74, 6) is 6.69. The van der Waals surface area contributed by atoms with Gasteiger partial charge in [0.15, 0.2) is 0 Å². The van der Waals surface area contributed by atoms with E-state index in [2.05, 4.69) is 49.9 Å². The van der Waals surface area contributed by atoms with E-state index >= 15 is 0 Å². The summed E-state index contributed by atoms with van der Waals surface area (Å²) in [6.45, 7) is 2.26. The molecule has 0 spiro atoms. The smallest absolute Gasteiger partial charge is 0.0713 e. The van der Waals surface area contributed by atoms with Crippen LogP contribution in [0.5, 0.6) is 0 Å². The van der Waals surface area contributed by atoms with Crippen molar-refractivity contribution in [1.82, 2.24) is 4.90 Å². The van der Waals surface area contributed by atoms with Crippen LogP contribution in [0.4, 0.5) is 0 Å². The lowest BCUT2D eigenvalue weighted by molar-refractivity contribution is 0.328. The Morgan fingerprint density at radius 1 is 1.00 bits per heavy atom. The predicted octanol–water partition coefficient (Wildman–Crippen LogP) is 4.33. The number of hydrogen-bond donors (Lipinski definition) is 0. The Hall–Kier alpha value is -1.26. The van der Waals surface area contributed by atoms with E-state index in [1.807, 2.05) is 18.2 Å². The van der Waals surface area contributed by atoms with E-state index in [1.165, 1.54) is 38.5 Å². The molecule has 1 atom stereocenters. The lowest BCUT2D eigenvalue weighted by Gasteiger charge is -2.18. The molecule has 0 aliphatic heterocycles. The molecule has 0 heterocycles. The predicted molar refractivity (Wildman–Crippen MR) is 84.2 cm³/mol. The quantitative estimate of drug-likeness (QED) is 0.519. The van der Waals surface area contributed by atoms with Crippen molar-refractivity contribution in [2.75, 3.05) is 14.1 Å². The molecule has 0 saturated carbocycles. The summed E-state index contributed by atoms with van der Waals surface area (Å²) in [6, 6.07) is 10.6. The SMILES string of the molecule is CCCCCCC[C@H](C#Cc1ccccc1)N(C)C. The largest absolute Gasteiger partial charge is 0.296 e. The van der Waals surface area contributed by atoms with Crippen molar-refractivity contribution in [3.05, 3.63) is 35.9 Å². The van der Waals surface area contributed by atoms with Crippen molar-refractivity contribution in [1.29, 1.82) is 0 Å². The monoisotopic (exact) mass is 257 g/mol. The second kappa shape index (κ2) is 9.64. The summed E-state index contributed by atoms with van der Waals surface area (Å²) >= 11 is 0. The van der Waals surface area contributed by atoms with Crippen LogP contribution in [0.15, 0.2) is 30.3 Å². The van der Waals surface area contributed by atoms with Crippen molar-refractivity contribution < 1.29 is 0 Å². The van der Waals surface area contributed by atoms with Gasteiger partial charge in [-0.1, -0.05) is 69.1 Å². The van der Waals surface area contributed by atoms with Gasteiger partial charge in [-0.15, -0.1) is 0 Å². The van der Waals surface area contributed by atoms with Crippen LogP contribution < -0.4 is 0 Å². The topological polar surface area (TPSA) is 3.24 Å². The van der Waals surface area contributed by atoms with Crippen LogP contribution in [0.25, 0.3) is 0 Å². The highest BCUT2D eigenvalue weighted by atomic mass is 15.1. The molecular weight excluding hydrogens is 230 g/mol. The molecule has 19 heavy (non-hydrogen) atoms. The molecule has 1 aromatic rings. The molecule has 0 bridgehead atoms. The minimum absolute atomic E-state index is 0.377. The summed E-state index contributed by atoms with van der Waals surface area (Å²) in [5.41, 5.74) is 1.11. The minimum atomic E-state index is 0.377. The number of nitrogens with zero attached hydrogens (tertiary/aromatic N) is 1. The molecule has 0 amide bonds. The average Bonchev–Trinajstić information content (AvgIpc) is 2.42. The van der Waals surface area contributed by atoms with Crippen molar-refractivity contribution in [3.63, 3.8) is 0 Å². The summed E-state index contributed by atoms with van der Waals surface area (Å²) in [6.07, 6.45) is 7.84. The standard InChI is InChI=1S/C18H27N/c1-4-5-6-7-11-14-18(19(2)3)16-15-17-12-9-8-10-13-17/h8-10,12-13,18H,4-7,11,14H2,1-3H3/t18-/m1/s1. The molecule has 0 saturated heterocycles. The van der Waals surface area contributed by atoms with E-state index in [1.54, 1.807) is 0 Å². The number of unbranched alkanes of at least 4 members (excludes halogenated alkanes) is 4. The zero-order valence-corrected chi connectivity index (χ0v) is 12.7. The maximum atomic E-state index is 3.40. The van der Waals surface area contributed by atoms with Crippen molar-refractivity contribution >= 4 is 0 Å². The zero-order valence-electron chi connectivity index (χ0n) is 12.7. The zero-order chi connectivity index (χ0) is 13.9. The van der Waals surface area contributed by atoms with Crippen molar-refractivity contribution in [2.24, 2.45) is 0 Å². The molecule has 0 radical (unpaired) electrons. The first kappa shape index (κ1) is 15.8. The summed E-state index contributed by atoms with van der Waals surface area (Å²) in [7, 11) is 4.24. The Balaban J connectivity index is 2.43. The van der Waals surface area contributed by atoms with Gasteiger partial charge in [0.25, 0.3) is 0 Å². The number of benzene rings is 1. The van der Waals surface area contributed by atoms with Crippen LogP contribution in [-0.2, 0) is 0 Å². The maximum Gasteiger partial charge on any atom is 0.0713 e. The van der Waals surface area contributed by atoms with Crippen LogP contribution in [0.3, 0.4) is 0 Å². The van der Waals surface area contributed by atoms with E-state index in [9.17, 15) is 0 Å². The summed E-state index contributed by atoms with van der Waals surface area (Å²) < 4.78 is 0. The molecule has 1 aromatic carbocycles. The van der Waals surface area contributed by atoms with E-state index in [-0.39, 0.29) is 0 Å². The van der Waals surface area contributed by atoms with E-state index in [0.29, 0.717) is 6.04 Å². The molecule has 1 nitrogen and oxygen atoms in total. The van der Waals surface area contributed by atoms with Gasteiger partial charge in [-0.2, -0.15) is 0 Å². The fourth-order valence-electron chi connectivity index (χ4n) is 2.09. The van der Waals surface area contributed by atoms with Gasteiger partial charge < -0.3 is 0 Å². The third kappa shape index (κ3) is 7.03. The fourth-order valence-corrected chi connectivity index (χ4v) is 2.09. The van der Waals surface area contributed by atoms with Gasteiger partial charge in [0.2, 0.25) is 0 Å². The van der Waals surface area contributed by atoms with Gasteiger partial charge in [-0.25, -0.2) is 0 Å².